The number of hydrogen-bond donors (Lipinski definition) is 2. The first kappa shape index (κ1) is 11.5. The van der Waals surface area contributed by atoms with Gasteiger partial charge in [0, 0.05) is 5.69 Å². The minimum Gasteiger partial charge on any atom is -0.465 e. The quantitative estimate of drug-likeness (QED) is 0.568. The normalized spacial score (nSPS) is 10.0. The average Bonchev–Trinajstić information content (AvgIpc) is 2.25. The third-order valence-electron chi connectivity index (χ3n) is 2.22. The molecule has 82 valence electrons. The number of nitrogen functional groups attached to an aromatic ring is 1. The zero-order valence-corrected chi connectivity index (χ0v) is 9.04. The Bertz CT molecular complexity index is 350. The van der Waals surface area contributed by atoms with Crippen molar-refractivity contribution in [2.75, 3.05) is 26.4 Å². The molecule has 0 fully saturated rings. The number of nitrogens with two attached hydrogens (primary N) is 1. The fourth-order valence-electron chi connectivity index (χ4n) is 1.44. The lowest BCUT2D eigenvalue weighted by atomic mass is 10.0. The summed E-state index contributed by atoms with van der Waals surface area (Å²) in [7, 11) is 3.22. The Labute approximate surface area is 89.4 Å². The first-order valence-corrected chi connectivity index (χ1v) is 4.81. The van der Waals surface area contributed by atoms with Crippen LogP contribution in [0.25, 0.3) is 0 Å². The first-order chi connectivity index (χ1) is 7.20. The van der Waals surface area contributed by atoms with Gasteiger partial charge in [-0.25, -0.2) is 4.79 Å². The van der Waals surface area contributed by atoms with E-state index in [1.807, 2.05) is 19.2 Å². The molecule has 3 N–H and O–H groups in total. The zero-order chi connectivity index (χ0) is 11.3. The molecule has 0 atom stereocenters. The summed E-state index contributed by atoms with van der Waals surface area (Å²) in [4.78, 5) is 11.5. The van der Waals surface area contributed by atoms with E-state index in [-0.39, 0.29) is 5.97 Å². The van der Waals surface area contributed by atoms with Crippen molar-refractivity contribution < 1.29 is 9.53 Å². The number of carbonyl (C=O) groups is 1. The summed E-state index contributed by atoms with van der Waals surface area (Å²) in [5, 5.41) is 3.03. The van der Waals surface area contributed by atoms with E-state index in [0.29, 0.717) is 11.3 Å². The summed E-state index contributed by atoms with van der Waals surface area (Å²) in [6.45, 7) is 0.799. The third kappa shape index (κ3) is 2.70. The van der Waals surface area contributed by atoms with Crippen molar-refractivity contribution in [2.24, 2.45) is 0 Å². The first-order valence-electron chi connectivity index (χ1n) is 4.81. The van der Waals surface area contributed by atoms with Gasteiger partial charge in [-0.15, -0.1) is 0 Å². The molecule has 0 spiro atoms. The van der Waals surface area contributed by atoms with Crippen LogP contribution in [0.3, 0.4) is 0 Å². The molecule has 0 aliphatic rings. The highest BCUT2D eigenvalue weighted by atomic mass is 16.5. The number of esters is 1. The molecule has 0 saturated carbocycles. The van der Waals surface area contributed by atoms with Gasteiger partial charge in [0.15, 0.2) is 0 Å². The van der Waals surface area contributed by atoms with Crippen LogP contribution in [-0.4, -0.2) is 26.7 Å². The molecular weight excluding hydrogens is 192 g/mol. The summed E-state index contributed by atoms with van der Waals surface area (Å²) in [6, 6.07) is 5.43. The molecule has 1 aromatic rings. The number of methoxy groups -OCH3 is 1. The Hall–Kier alpha value is -1.55. The molecule has 15 heavy (non-hydrogen) atoms. The predicted molar refractivity (Wildman–Crippen MR) is 59.8 cm³/mol. The lowest BCUT2D eigenvalue weighted by Crippen LogP contribution is -2.15. The fraction of sp³-hybridized carbons (Fsp3) is 0.364. The van der Waals surface area contributed by atoms with E-state index >= 15 is 0 Å². The average molecular weight is 208 g/mol. The summed E-state index contributed by atoms with van der Waals surface area (Å²) >= 11 is 0. The maximum Gasteiger partial charge on any atom is 0.340 e. The van der Waals surface area contributed by atoms with Crippen molar-refractivity contribution in [2.45, 2.75) is 6.42 Å². The lowest BCUT2D eigenvalue weighted by molar-refractivity contribution is 0.0600. The fourth-order valence-corrected chi connectivity index (χ4v) is 1.44. The summed E-state index contributed by atoms with van der Waals surface area (Å²) in [5.74, 6) is -0.376. The van der Waals surface area contributed by atoms with Crippen LogP contribution in [0.15, 0.2) is 18.2 Å². The van der Waals surface area contributed by atoms with Gasteiger partial charge in [-0.1, -0.05) is 12.1 Å². The second kappa shape index (κ2) is 5.36. The van der Waals surface area contributed by atoms with Crippen LogP contribution < -0.4 is 11.1 Å². The number of anilines is 1. The molecule has 0 unspecified atom stereocenters. The Kier molecular flexibility index (Phi) is 4.12. The summed E-state index contributed by atoms with van der Waals surface area (Å²) in [6.07, 6.45) is 0.756. The van der Waals surface area contributed by atoms with E-state index in [4.69, 9.17) is 10.5 Å². The van der Waals surface area contributed by atoms with Crippen LogP contribution in [0.1, 0.15) is 15.9 Å². The number of carbonyl (C=O) groups excluding carboxylic acids is 1. The molecule has 0 heterocycles. The maximum absolute atomic E-state index is 11.5. The number of benzene rings is 1. The standard InChI is InChI=1S/C11H16N2O2/c1-13-7-6-8-4-3-5-9(12)10(8)11(14)15-2/h3-5,13H,6-7,12H2,1-2H3. The van der Waals surface area contributed by atoms with E-state index in [0.717, 1.165) is 18.5 Å². The Morgan fingerprint density at radius 2 is 2.27 bits per heavy atom. The summed E-state index contributed by atoms with van der Waals surface area (Å²) in [5.41, 5.74) is 7.61. The van der Waals surface area contributed by atoms with E-state index in [2.05, 4.69) is 5.32 Å². The van der Waals surface area contributed by atoms with Crippen molar-refractivity contribution in [1.29, 1.82) is 0 Å². The maximum atomic E-state index is 11.5. The molecule has 1 aromatic carbocycles. The van der Waals surface area contributed by atoms with Crippen LogP contribution in [0.4, 0.5) is 5.69 Å². The monoisotopic (exact) mass is 208 g/mol. The van der Waals surface area contributed by atoms with Gasteiger partial charge in [-0.2, -0.15) is 0 Å². The van der Waals surface area contributed by atoms with Gasteiger partial charge in [0.1, 0.15) is 0 Å². The van der Waals surface area contributed by atoms with E-state index in [1.54, 1.807) is 6.07 Å². The third-order valence-corrected chi connectivity index (χ3v) is 2.22. The molecule has 0 aromatic heterocycles. The lowest BCUT2D eigenvalue weighted by Gasteiger charge is -2.09. The van der Waals surface area contributed by atoms with Gasteiger partial charge < -0.3 is 15.8 Å². The minimum absolute atomic E-state index is 0.376. The number of hydrogen-bond acceptors (Lipinski definition) is 4. The highest BCUT2D eigenvalue weighted by molar-refractivity contribution is 5.96. The highest BCUT2D eigenvalue weighted by Crippen LogP contribution is 2.18. The molecule has 0 amide bonds. The number of likely N-dealkylation sites (N-methyl/N-ethyl adjacent to an activating group) is 1. The Morgan fingerprint density at radius 1 is 1.53 bits per heavy atom. The second-order valence-electron chi connectivity index (χ2n) is 3.23. The largest absolute Gasteiger partial charge is 0.465 e. The van der Waals surface area contributed by atoms with Crippen molar-refractivity contribution in [3.8, 4) is 0 Å². The van der Waals surface area contributed by atoms with Crippen LogP contribution in [0.2, 0.25) is 0 Å². The number of rotatable bonds is 4. The topological polar surface area (TPSA) is 64.3 Å². The SMILES string of the molecule is CNCCc1cccc(N)c1C(=O)OC. The molecule has 1 rings (SSSR count). The van der Waals surface area contributed by atoms with Crippen molar-refractivity contribution in [3.63, 3.8) is 0 Å². The van der Waals surface area contributed by atoms with Crippen molar-refractivity contribution in [3.05, 3.63) is 29.3 Å². The van der Waals surface area contributed by atoms with Crippen LogP contribution in [0, 0.1) is 0 Å². The van der Waals surface area contributed by atoms with E-state index < -0.39 is 0 Å². The molecule has 0 radical (unpaired) electrons. The second-order valence-corrected chi connectivity index (χ2v) is 3.23. The molecule has 0 aliphatic carbocycles. The molecule has 0 saturated heterocycles. The van der Waals surface area contributed by atoms with Crippen molar-refractivity contribution >= 4 is 11.7 Å². The smallest absolute Gasteiger partial charge is 0.340 e. The van der Waals surface area contributed by atoms with E-state index in [1.165, 1.54) is 7.11 Å². The number of ether oxygens (including phenoxy) is 1. The highest BCUT2D eigenvalue weighted by Gasteiger charge is 2.14. The predicted octanol–water partition coefficient (Wildman–Crippen LogP) is 0.817. The van der Waals surface area contributed by atoms with Crippen molar-refractivity contribution in [1.82, 2.24) is 5.32 Å². The summed E-state index contributed by atoms with van der Waals surface area (Å²) < 4.78 is 4.70. The van der Waals surface area contributed by atoms with Gasteiger partial charge in [-0.05, 0) is 31.6 Å². The van der Waals surface area contributed by atoms with Crippen LogP contribution >= 0.6 is 0 Å². The van der Waals surface area contributed by atoms with Gasteiger partial charge in [0.2, 0.25) is 0 Å². The van der Waals surface area contributed by atoms with Gasteiger partial charge in [0.25, 0.3) is 0 Å². The number of nitrogens with one attached hydrogen (secondary N) is 1. The zero-order valence-electron chi connectivity index (χ0n) is 9.04. The minimum atomic E-state index is -0.376. The van der Waals surface area contributed by atoms with Gasteiger partial charge in [-0.3, -0.25) is 0 Å². The molecule has 4 nitrogen and oxygen atoms in total. The van der Waals surface area contributed by atoms with Crippen LogP contribution in [-0.2, 0) is 11.2 Å². The molecule has 0 bridgehead atoms. The van der Waals surface area contributed by atoms with E-state index in [9.17, 15) is 4.79 Å². The van der Waals surface area contributed by atoms with Crippen LogP contribution in [0.5, 0.6) is 0 Å². The van der Waals surface area contributed by atoms with Gasteiger partial charge in [0.05, 0.1) is 12.7 Å². The Balaban J connectivity index is 3.03. The van der Waals surface area contributed by atoms with Gasteiger partial charge >= 0.3 is 5.97 Å². The molecule has 0 aliphatic heterocycles. The molecule has 4 heteroatoms. The Morgan fingerprint density at radius 3 is 2.87 bits per heavy atom. The molecular formula is C11H16N2O2.